The van der Waals surface area contributed by atoms with Crippen molar-refractivity contribution in [3.63, 3.8) is 0 Å². The van der Waals surface area contributed by atoms with Gasteiger partial charge in [0.25, 0.3) is 0 Å². The highest BCUT2D eigenvalue weighted by Gasteiger charge is 2.42. The molecule has 2 aromatic rings. The zero-order valence-electron chi connectivity index (χ0n) is 16.7. The fourth-order valence-corrected chi connectivity index (χ4v) is 3.83. The van der Waals surface area contributed by atoms with Gasteiger partial charge < -0.3 is 9.64 Å². The second kappa shape index (κ2) is 8.91. The lowest BCUT2D eigenvalue weighted by atomic mass is 9.93. The largest absolute Gasteiger partial charge is 0.444 e. The number of hydrogen-bond acceptors (Lipinski definition) is 3. The van der Waals surface area contributed by atoms with Gasteiger partial charge in [-0.1, -0.05) is 74.5 Å². The van der Waals surface area contributed by atoms with Crippen molar-refractivity contribution in [1.82, 2.24) is 9.80 Å². The summed E-state index contributed by atoms with van der Waals surface area (Å²) in [4.78, 5) is 29.3. The number of amides is 2. The highest BCUT2D eigenvalue weighted by molar-refractivity contribution is 5.82. The number of benzene rings is 2. The van der Waals surface area contributed by atoms with Crippen LogP contribution in [0.25, 0.3) is 0 Å². The van der Waals surface area contributed by atoms with Crippen LogP contribution in [0.2, 0.25) is 0 Å². The van der Waals surface area contributed by atoms with Gasteiger partial charge in [-0.15, -0.1) is 0 Å². The average Bonchev–Trinajstić information content (AvgIpc) is 2.74. The number of ether oxygens (including phenoxy) is 1. The molecule has 2 amide bonds. The van der Waals surface area contributed by atoms with Gasteiger partial charge in [-0.3, -0.25) is 9.69 Å². The van der Waals surface area contributed by atoms with Crippen LogP contribution < -0.4 is 0 Å². The summed E-state index contributed by atoms with van der Waals surface area (Å²) in [5, 5.41) is 0. The normalized spacial score (nSPS) is 20.8. The molecule has 1 fully saturated rings. The monoisotopic (exact) mass is 380 g/mol. The quantitative estimate of drug-likeness (QED) is 0.762. The van der Waals surface area contributed by atoms with Crippen molar-refractivity contribution in [3.05, 3.63) is 71.8 Å². The summed E-state index contributed by atoms with van der Waals surface area (Å²) in [5.74, 6) is -0.190. The Morgan fingerprint density at radius 2 is 1.71 bits per heavy atom. The molecule has 1 heterocycles. The van der Waals surface area contributed by atoms with Crippen molar-refractivity contribution in [2.45, 2.75) is 45.9 Å². The molecule has 0 aliphatic carbocycles. The third-order valence-corrected chi connectivity index (χ3v) is 5.56. The maximum absolute atomic E-state index is 13.0. The second-order valence-corrected chi connectivity index (χ2v) is 7.31. The van der Waals surface area contributed by atoms with Crippen LogP contribution in [0.1, 0.15) is 44.4 Å². The molecule has 0 radical (unpaired) electrons. The fraction of sp³-hybridized carbons (Fsp3) is 0.391. The van der Waals surface area contributed by atoms with Crippen LogP contribution in [-0.2, 0) is 16.1 Å². The Morgan fingerprint density at radius 3 is 2.32 bits per heavy atom. The first-order chi connectivity index (χ1) is 13.5. The van der Waals surface area contributed by atoms with Crippen LogP contribution in [0.4, 0.5) is 4.79 Å². The number of rotatable bonds is 5. The van der Waals surface area contributed by atoms with Gasteiger partial charge >= 0.3 is 6.09 Å². The molecule has 1 aliphatic heterocycles. The first-order valence-electron chi connectivity index (χ1n) is 9.85. The molecule has 28 heavy (non-hydrogen) atoms. The molecule has 3 rings (SSSR count). The summed E-state index contributed by atoms with van der Waals surface area (Å²) in [6.45, 7) is 6.37. The van der Waals surface area contributed by atoms with E-state index in [0.29, 0.717) is 6.42 Å². The van der Waals surface area contributed by atoms with Crippen molar-refractivity contribution >= 4 is 12.0 Å². The molecule has 1 saturated heterocycles. The summed E-state index contributed by atoms with van der Waals surface area (Å²) < 4.78 is 5.57. The van der Waals surface area contributed by atoms with Gasteiger partial charge in [0.05, 0.1) is 18.6 Å². The predicted molar refractivity (Wildman–Crippen MR) is 108 cm³/mol. The van der Waals surface area contributed by atoms with Gasteiger partial charge in [-0.2, -0.15) is 0 Å². The molecular formula is C23H28N2O3. The molecule has 2 aromatic carbocycles. The van der Waals surface area contributed by atoms with Gasteiger partial charge in [-0.05, 0) is 24.5 Å². The average molecular weight is 380 g/mol. The third kappa shape index (κ3) is 4.19. The molecule has 0 spiro atoms. The summed E-state index contributed by atoms with van der Waals surface area (Å²) >= 11 is 0. The molecular weight excluding hydrogens is 352 g/mol. The Labute approximate surface area is 166 Å². The van der Waals surface area contributed by atoms with Crippen molar-refractivity contribution in [2.75, 3.05) is 6.67 Å². The van der Waals surface area contributed by atoms with Crippen molar-refractivity contribution in [1.29, 1.82) is 0 Å². The van der Waals surface area contributed by atoms with E-state index in [1.165, 1.54) is 0 Å². The van der Waals surface area contributed by atoms with E-state index >= 15 is 0 Å². The molecule has 5 nitrogen and oxygen atoms in total. The zero-order chi connectivity index (χ0) is 20.1. The predicted octanol–water partition coefficient (Wildman–Crippen LogP) is 4.60. The van der Waals surface area contributed by atoms with E-state index in [1.54, 1.807) is 9.80 Å². The molecule has 148 valence electrons. The molecule has 0 unspecified atom stereocenters. The molecule has 0 N–H and O–H groups in total. The molecule has 3 atom stereocenters. The maximum Gasteiger partial charge on any atom is 0.411 e. The Kier molecular flexibility index (Phi) is 6.34. The van der Waals surface area contributed by atoms with Crippen LogP contribution in [0, 0.1) is 5.92 Å². The van der Waals surface area contributed by atoms with Gasteiger partial charge in [-0.25, -0.2) is 4.79 Å². The highest BCUT2D eigenvalue weighted by Crippen LogP contribution is 2.30. The van der Waals surface area contributed by atoms with E-state index in [2.05, 4.69) is 0 Å². The first-order valence-corrected chi connectivity index (χ1v) is 9.85. The minimum atomic E-state index is -0.375. The van der Waals surface area contributed by atoms with E-state index < -0.39 is 0 Å². The summed E-state index contributed by atoms with van der Waals surface area (Å²) in [7, 11) is 0. The smallest absolute Gasteiger partial charge is 0.411 e. The van der Waals surface area contributed by atoms with E-state index in [9.17, 15) is 9.59 Å². The number of hydrogen-bond donors (Lipinski definition) is 0. The minimum Gasteiger partial charge on any atom is -0.444 e. The van der Waals surface area contributed by atoms with Crippen molar-refractivity contribution in [3.8, 4) is 0 Å². The summed E-state index contributed by atoms with van der Waals surface area (Å²) in [6.07, 6.45) is 0.335. The standard InChI is InChI=1S/C23H28N2O3/c1-4-21-17(2)22(26)24(18(3)20-13-9-6-10-14-20)16-25(21)23(27)28-15-19-11-7-5-8-12-19/h5-14,17-18,21H,4,15-16H2,1-3H3/t17-,18+,21-/m1/s1. The zero-order valence-corrected chi connectivity index (χ0v) is 16.7. The van der Waals surface area contributed by atoms with E-state index in [0.717, 1.165) is 11.1 Å². The topological polar surface area (TPSA) is 49.9 Å². The van der Waals surface area contributed by atoms with Crippen molar-refractivity contribution < 1.29 is 14.3 Å². The maximum atomic E-state index is 13.0. The van der Waals surface area contributed by atoms with Gasteiger partial charge in [0.1, 0.15) is 6.61 Å². The van der Waals surface area contributed by atoms with Gasteiger partial charge in [0.15, 0.2) is 0 Å². The second-order valence-electron chi connectivity index (χ2n) is 7.31. The lowest BCUT2D eigenvalue weighted by Gasteiger charge is -2.46. The van der Waals surface area contributed by atoms with Crippen LogP contribution in [0.5, 0.6) is 0 Å². The molecule has 0 aromatic heterocycles. The summed E-state index contributed by atoms with van der Waals surface area (Å²) in [6, 6.07) is 19.2. The van der Waals surface area contributed by atoms with Gasteiger partial charge in [0.2, 0.25) is 5.91 Å². The first kappa shape index (κ1) is 19.9. The van der Waals surface area contributed by atoms with Crippen LogP contribution in [-0.4, -0.2) is 34.5 Å². The Bertz CT molecular complexity index is 794. The van der Waals surface area contributed by atoms with E-state index in [1.807, 2.05) is 81.4 Å². The Hall–Kier alpha value is -2.82. The molecule has 1 aliphatic rings. The lowest BCUT2D eigenvalue weighted by Crippen LogP contribution is -2.60. The molecule has 0 saturated carbocycles. The molecule has 5 heteroatoms. The van der Waals surface area contributed by atoms with Crippen LogP contribution >= 0.6 is 0 Å². The third-order valence-electron chi connectivity index (χ3n) is 5.56. The Balaban J connectivity index is 1.76. The van der Waals surface area contributed by atoms with Crippen molar-refractivity contribution in [2.24, 2.45) is 5.92 Å². The number of nitrogens with zero attached hydrogens (tertiary/aromatic N) is 2. The van der Waals surface area contributed by atoms with E-state index in [-0.39, 0.29) is 43.3 Å². The highest BCUT2D eigenvalue weighted by atomic mass is 16.6. The lowest BCUT2D eigenvalue weighted by molar-refractivity contribution is -0.149. The minimum absolute atomic E-state index is 0.0790. The van der Waals surface area contributed by atoms with E-state index in [4.69, 9.17) is 4.74 Å². The SMILES string of the molecule is CC[C@@H]1[C@@H](C)C(=O)N([C@@H](C)c2ccccc2)CN1C(=O)OCc1ccccc1. The van der Waals surface area contributed by atoms with Crippen LogP contribution in [0.15, 0.2) is 60.7 Å². The number of carbonyl (C=O) groups is 2. The number of carbonyl (C=O) groups excluding carboxylic acids is 2. The summed E-state index contributed by atoms with van der Waals surface area (Å²) in [5.41, 5.74) is 2.00. The van der Waals surface area contributed by atoms with Gasteiger partial charge in [0, 0.05) is 6.04 Å². The fourth-order valence-electron chi connectivity index (χ4n) is 3.83. The Morgan fingerprint density at radius 1 is 1.11 bits per heavy atom. The van der Waals surface area contributed by atoms with Crippen LogP contribution in [0.3, 0.4) is 0 Å². The molecule has 0 bridgehead atoms.